The van der Waals surface area contributed by atoms with Gasteiger partial charge in [0.1, 0.15) is 18.3 Å². The molecule has 0 aliphatic heterocycles. The van der Waals surface area contributed by atoms with Crippen LogP contribution < -0.4 is 5.73 Å². The van der Waals surface area contributed by atoms with E-state index < -0.39 is 31.0 Å². The van der Waals surface area contributed by atoms with Crippen molar-refractivity contribution in [3.05, 3.63) is 0 Å². The minimum Gasteiger partial charge on any atom is -0.395 e. The summed E-state index contributed by atoms with van der Waals surface area (Å²) < 4.78 is 0. The van der Waals surface area contributed by atoms with Crippen LogP contribution in [0.5, 0.6) is 0 Å². The van der Waals surface area contributed by atoms with Crippen LogP contribution >= 0.6 is 0 Å². The lowest BCUT2D eigenvalue weighted by Crippen LogP contribution is -2.50. The van der Waals surface area contributed by atoms with Gasteiger partial charge in [-0.3, -0.25) is 0 Å². The summed E-state index contributed by atoms with van der Waals surface area (Å²) in [5.74, 6) is 0. The molecule has 0 aliphatic carbocycles. The lowest BCUT2D eigenvalue weighted by molar-refractivity contribution is -0.127. The number of hydrogen-bond donors (Lipinski definition) is 5. The molecule has 0 fully saturated rings. The molecule has 0 aromatic carbocycles. The van der Waals surface area contributed by atoms with E-state index in [1.54, 1.807) is 0 Å². The molecule has 12 heavy (non-hydrogen) atoms. The zero-order valence-electron chi connectivity index (χ0n) is 6.37. The van der Waals surface area contributed by atoms with E-state index in [4.69, 9.17) is 26.2 Å². The number of aldehydes is 1. The molecular formula is C6H13NO5. The number of aliphatic hydroxyl groups is 4. The van der Waals surface area contributed by atoms with Crippen LogP contribution in [0.1, 0.15) is 0 Å². The molecule has 6 heteroatoms. The van der Waals surface area contributed by atoms with Crippen molar-refractivity contribution < 1.29 is 25.2 Å². The Kier molecular flexibility index (Phi) is 4.95. The second-order valence-corrected chi connectivity index (χ2v) is 2.45. The molecule has 0 aromatic rings. The van der Waals surface area contributed by atoms with E-state index in [1.807, 2.05) is 0 Å². The van der Waals surface area contributed by atoms with E-state index in [-0.39, 0.29) is 6.29 Å². The highest BCUT2D eigenvalue weighted by Gasteiger charge is 2.28. The van der Waals surface area contributed by atoms with Gasteiger partial charge in [0.05, 0.1) is 12.6 Å². The summed E-state index contributed by atoms with van der Waals surface area (Å²) >= 11 is 0. The van der Waals surface area contributed by atoms with E-state index in [1.165, 1.54) is 0 Å². The molecule has 0 aromatic heterocycles. The monoisotopic (exact) mass is 179 g/mol. The molecule has 0 spiro atoms. The van der Waals surface area contributed by atoms with Crippen molar-refractivity contribution in [2.75, 3.05) is 6.61 Å². The maximum Gasteiger partial charge on any atom is 0.151 e. The first-order valence-corrected chi connectivity index (χ1v) is 3.40. The maximum absolute atomic E-state index is 9.94. The van der Waals surface area contributed by atoms with Gasteiger partial charge in [-0.15, -0.1) is 0 Å². The minimum atomic E-state index is -1.68. The van der Waals surface area contributed by atoms with Crippen molar-refractivity contribution in [2.24, 2.45) is 5.73 Å². The van der Waals surface area contributed by atoms with Crippen LogP contribution in [0.25, 0.3) is 0 Å². The summed E-state index contributed by atoms with van der Waals surface area (Å²) in [5.41, 5.74) is 5.12. The first-order valence-electron chi connectivity index (χ1n) is 3.40. The zero-order valence-corrected chi connectivity index (χ0v) is 6.37. The molecule has 0 unspecified atom stereocenters. The molecule has 0 bridgehead atoms. The van der Waals surface area contributed by atoms with Gasteiger partial charge in [-0.25, -0.2) is 0 Å². The Morgan fingerprint density at radius 1 is 1.25 bits per heavy atom. The topological polar surface area (TPSA) is 124 Å². The maximum atomic E-state index is 9.94. The SMILES string of the molecule is N[C@H](CO)[C@H](O)[C@H](O)[C@@H](O)C=O. The number of nitrogens with two attached hydrogens (primary N) is 1. The first kappa shape index (κ1) is 11.5. The standard InChI is InChI=1S/C6H13NO5/c7-3(1-8)5(11)6(12)4(10)2-9/h2-6,8,10-12H,1,7H2/t3-,4+,5+,6-/m1/s1. The zero-order chi connectivity index (χ0) is 9.72. The summed E-state index contributed by atoms with van der Waals surface area (Å²) in [7, 11) is 0. The molecule has 0 radical (unpaired) electrons. The highest BCUT2D eigenvalue weighted by atomic mass is 16.4. The third kappa shape index (κ3) is 2.84. The van der Waals surface area contributed by atoms with Crippen molar-refractivity contribution in [2.45, 2.75) is 24.4 Å². The van der Waals surface area contributed by atoms with E-state index in [0.29, 0.717) is 0 Å². The lowest BCUT2D eigenvalue weighted by atomic mass is 10.0. The molecule has 0 saturated carbocycles. The van der Waals surface area contributed by atoms with Crippen molar-refractivity contribution >= 4 is 6.29 Å². The molecule has 6 N–H and O–H groups in total. The predicted octanol–water partition coefficient (Wildman–Crippen LogP) is -3.41. The molecular weight excluding hydrogens is 166 g/mol. The van der Waals surface area contributed by atoms with Crippen LogP contribution in [0.15, 0.2) is 0 Å². The Balaban J connectivity index is 4.07. The molecule has 0 aliphatic rings. The second-order valence-electron chi connectivity index (χ2n) is 2.45. The van der Waals surface area contributed by atoms with Gasteiger partial charge in [0, 0.05) is 0 Å². The highest BCUT2D eigenvalue weighted by Crippen LogP contribution is 2.01. The highest BCUT2D eigenvalue weighted by molar-refractivity contribution is 5.56. The van der Waals surface area contributed by atoms with E-state index in [2.05, 4.69) is 0 Å². The molecule has 0 rings (SSSR count). The summed E-state index contributed by atoms with van der Waals surface area (Å²) in [5, 5.41) is 35.2. The predicted molar refractivity (Wildman–Crippen MR) is 39.1 cm³/mol. The Morgan fingerprint density at radius 2 is 1.75 bits per heavy atom. The van der Waals surface area contributed by atoms with E-state index in [0.717, 1.165) is 0 Å². The number of carbonyl (C=O) groups excluding carboxylic acids is 1. The van der Waals surface area contributed by atoms with Gasteiger partial charge >= 0.3 is 0 Å². The average Bonchev–Trinajstić information content (AvgIpc) is 2.12. The van der Waals surface area contributed by atoms with Gasteiger partial charge in [-0.1, -0.05) is 0 Å². The quantitative estimate of drug-likeness (QED) is 0.280. The van der Waals surface area contributed by atoms with E-state index in [9.17, 15) is 4.79 Å². The molecule has 72 valence electrons. The fraction of sp³-hybridized carbons (Fsp3) is 0.833. The number of carbonyl (C=O) groups is 1. The number of hydrogen-bond acceptors (Lipinski definition) is 6. The van der Waals surface area contributed by atoms with Gasteiger partial charge in [-0.05, 0) is 0 Å². The van der Waals surface area contributed by atoms with Crippen molar-refractivity contribution in [1.29, 1.82) is 0 Å². The van der Waals surface area contributed by atoms with Crippen molar-refractivity contribution in [3.63, 3.8) is 0 Å². The van der Waals surface area contributed by atoms with Gasteiger partial charge in [0.15, 0.2) is 6.29 Å². The van der Waals surface area contributed by atoms with Gasteiger partial charge in [0.2, 0.25) is 0 Å². The van der Waals surface area contributed by atoms with Gasteiger partial charge < -0.3 is 31.0 Å². The summed E-state index contributed by atoms with van der Waals surface area (Å²) in [6.45, 7) is -0.538. The average molecular weight is 179 g/mol. The Morgan fingerprint density at radius 3 is 2.08 bits per heavy atom. The van der Waals surface area contributed by atoms with Crippen LogP contribution in [-0.2, 0) is 4.79 Å². The van der Waals surface area contributed by atoms with Crippen LogP contribution in [0, 0.1) is 0 Å². The Bertz CT molecular complexity index is 142. The number of aliphatic hydroxyl groups excluding tert-OH is 4. The largest absolute Gasteiger partial charge is 0.395 e. The van der Waals surface area contributed by atoms with Crippen LogP contribution in [0.4, 0.5) is 0 Å². The molecule has 0 amide bonds. The van der Waals surface area contributed by atoms with Crippen LogP contribution in [0.3, 0.4) is 0 Å². The second kappa shape index (κ2) is 5.18. The van der Waals surface area contributed by atoms with Crippen molar-refractivity contribution in [3.8, 4) is 0 Å². The lowest BCUT2D eigenvalue weighted by Gasteiger charge is -2.23. The summed E-state index contributed by atoms with van der Waals surface area (Å²) in [6.07, 6.45) is -4.78. The smallest absolute Gasteiger partial charge is 0.151 e. The molecule has 4 atom stereocenters. The summed E-state index contributed by atoms with van der Waals surface area (Å²) in [6, 6.07) is -1.07. The molecule has 0 saturated heterocycles. The fourth-order valence-corrected chi connectivity index (χ4v) is 0.644. The fourth-order valence-electron chi connectivity index (χ4n) is 0.644. The van der Waals surface area contributed by atoms with Crippen molar-refractivity contribution in [1.82, 2.24) is 0 Å². The van der Waals surface area contributed by atoms with Gasteiger partial charge in [-0.2, -0.15) is 0 Å². The minimum absolute atomic E-state index is 0.0813. The Hall–Kier alpha value is -0.530. The Labute approximate surface area is 69.2 Å². The van der Waals surface area contributed by atoms with Crippen LogP contribution in [-0.4, -0.2) is 57.7 Å². The first-order chi connectivity index (χ1) is 5.54. The third-order valence-corrected chi connectivity index (χ3v) is 1.49. The molecule has 0 heterocycles. The summed E-state index contributed by atoms with van der Waals surface area (Å²) in [4.78, 5) is 9.94. The van der Waals surface area contributed by atoms with Crippen LogP contribution in [0.2, 0.25) is 0 Å². The number of rotatable bonds is 5. The normalized spacial score (nSPS) is 21.1. The van der Waals surface area contributed by atoms with Gasteiger partial charge in [0.25, 0.3) is 0 Å². The third-order valence-electron chi connectivity index (χ3n) is 1.49. The molecule has 6 nitrogen and oxygen atoms in total. The van der Waals surface area contributed by atoms with E-state index >= 15 is 0 Å².